The topological polar surface area (TPSA) is 84.3 Å². The Morgan fingerprint density at radius 1 is 0.724 bits per heavy atom. The van der Waals surface area contributed by atoms with Crippen LogP contribution in [-0.2, 0) is 0 Å². The van der Waals surface area contributed by atoms with E-state index < -0.39 is 0 Å². The van der Waals surface area contributed by atoms with Crippen LogP contribution in [0.3, 0.4) is 0 Å². The molecule has 156 valence electrons. The van der Waals surface area contributed by atoms with Gasteiger partial charge in [-0.1, -0.05) is 6.42 Å². The van der Waals surface area contributed by atoms with Crippen molar-refractivity contribution in [3.8, 4) is 18.2 Å². The second kappa shape index (κ2) is 11.1. The molecule has 0 aromatic rings. The second-order valence-electron chi connectivity index (χ2n) is 8.40. The van der Waals surface area contributed by atoms with Gasteiger partial charge in [0.1, 0.15) is 18.0 Å². The number of piperidine rings is 2. The summed E-state index contributed by atoms with van der Waals surface area (Å²) in [5, 5.41) is 28.0. The highest BCUT2D eigenvalue weighted by molar-refractivity contribution is 5.40. The summed E-state index contributed by atoms with van der Waals surface area (Å²) >= 11 is 0. The molecule has 3 aliphatic heterocycles. The average molecular weight is 396 g/mol. The molecule has 0 radical (unpaired) electrons. The van der Waals surface area contributed by atoms with E-state index >= 15 is 0 Å². The van der Waals surface area contributed by atoms with Gasteiger partial charge in [0.15, 0.2) is 5.57 Å². The fourth-order valence-corrected chi connectivity index (χ4v) is 4.75. The molecule has 0 saturated carbocycles. The minimum absolute atomic E-state index is 0.224. The Bertz CT molecular complexity index is 665. The van der Waals surface area contributed by atoms with Crippen LogP contribution in [0.1, 0.15) is 38.5 Å². The number of allylic oxidation sites excluding steroid dienone is 1. The summed E-state index contributed by atoms with van der Waals surface area (Å²) < 4.78 is 0. The van der Waals surface area contributed by atoms with E-state index in [-0.39, 0.29) is 11.5 Å². The Balaban J connectivity index is 1.51. The van der Waals surface area contributed by atoms with Crippen molar-refractivity contribution < 1.29 is 0 Å². The number of likely N-dealkylation sites (tertiary alicyclic amines) is 2. The first-order valence-electron chi connectivity index (χ1n) is 11.1. The standard InChI is InChI=1S/C22H33N7/c23-17-20-5-11-27(12-6-20)9-4-10-28-15-16-29(22(28)21(18-24)19-25)14-13-26-7-2-1-3-8-26/h20H,1-16H2. The molecular formula is C22H33N7. The van der Waals surface area contributed by atoms with Crippen LogP contribution in [0.2, 0.25) is 0 Å². The van der Waals surface area contributed by atoms with Crippen LogP contribution in [0, 0.1) is 39.9 Å². The van der Waals surface area contributed by atoms with Gasteiger partial charge in [0.25, 0.3) is 0 Å². The molecule has 0 bridgehead atoms. The summed E-state index contributed by atoms with van der Waals surface area (Å²) in [6.45, 7) is 9.92. The van der Waals surface area contributed by atoms with Crippen molar-refractivity contribution in [2.45, 2.75) is 38.5 Å². The zero-order valence-corrected chi connectivity index (χ0v) is 17.5. The highest BCUT2D eigenvalue weighted by Gasteiger charge is 2.29. The SMILES string of the molecule is N#CC(C#N)=C1N(CCCN2CCC(C#N)CC2)CCN1CCN1CCCCC1. The van der Waals surface area contributed by atoms with Gasteiger partial charge in [-0.3, -0.25) is 0 Å². The molecule has 0 spiro atoms. The predicted octanol–water partition coefficient (Wildman–Crippen LogP) is 1.97. The summed E-state index contributed by atoms with van der Waals surface area (Å²) in [5.41, 5.74) is 0.246. The largest absolute Gasteiger partial charge is 0.355 e. The first-order chi connectivity index (χ1) is 14.2. The fraction of sp³-hybridized carbons (Fsp3) is 0.773. The van der Waals surface area contributed by atoms with Crippen molar-refractivity contribution in [2.75, 3.05) is 65.4 Å². The highest BCUT2D eigenvalue weighted by Crippen LogP contribution is 2.23. The van der Waals surface area contributed by atoms with E-state index in [4.69, 9.17) is 5.26 Å². The van der Waals surface area contributed by atoms with E-state index in [9.17, 15) is 10.5 Å². The van der Waals surface area contributed by atoms with Crippen molar-refractivity contribution >= 4 is 0 Å². The molecule has 0 atom stereocenters. The molecule has 0 aromatic carbocycles. The van der Waals surface area contributed by atoms with E-state index in [0.29, 0.717) is 0 Å². The van der Waals surface area contributed by atoms with Gasteiger partial charge in [0.2, 0.25) is 0 Å². The molecule has 0 aliphatic carbocycles. The normalized spacial score (nSPS) is 21.6. The third kappa shape index (κ3) is 5.86. The zero-order valence-electron chi connectivity index (χ0n) is 17.5. The molecule has 7 nitrogen and oxygen atoms in total. The monoisotopic (exact) mass is 395 g/mol. The quantitative estimate of drug-likeness (QED) is 0.609. The summed E-state index contributed by atoms with van der Waals surface area (Å²) in [5.74, 6) is 1.07. The van der Waals surface area contributed by atoms with Crippen LogP contribution < -0.4 is 0 Å². The Kier molecular flexibility index (Phi) is 8.17. The van der Waals surface area contributed by atoms with Gasteiger partial charge in [-0.05, 0) is 64.8 Å². The Morgan fingerprint density at radius 3 is 1.97 bits per heavy atom. The molecule has 3 saturated heterocycles. The van der Waals surface area contributed by atoms with Crippen molar-refractivity contribution in [1.29, 1.82) is 15.8 Å². The van der Waals surface area contributed by atoms with Crippen LogP contribution in [-0.4, -0.2) is 85.0 Å². The second-order valence-corrected chi connectivity index (χ2v) is 8.40. The molecule has 3 heterocycles. The first-order valence-corrected chi connectivity index (χ1v) is 11.1. The van der Waals surface area contributed by atoms with Crippen LogP contribution in [0.15, 0.2) is 11.4 Å². The maximum absolute atomic E-state index is 9.49. The fourth-order valence-electron chi connectivity index (χ4n) is 4.75. The lowest BCUT2D eigenvalue weighted by atomic mass is 9.98. The van der Waals surface area contributed by atoms with Crippen molar-refractivity contribution in [3.63, 3.8) is 0 Å². The zero-order chi connectivity index (χ0) is 20.5. The minimum atomic E-state index is 0.224. The third-order valence-electron chi connectivity index (χ3n) is 6.49. The van der Waals surface area contributed by atoms with Crippen LogP contribution in [0.25, 0.3) is 0 Å². The Morgan fingerprint density at radius 2 is 1.34 bits per heavy atom. The van der Waals surface area contributed by atoms with Gasteiger partial charge in [0.05, 0.1) is 6.07 Å². The molecule has 0 unspecified atom stereocenters. The molecule has 0 aromatic heterocycles. The molecule has 3 fully saturated rings. The molecule has 3 rings (SSSR count). The van der Waals surface area contributed by atoms with E-state index in [1.807, 2.05) is 0 Å². The van der Waals surface area contributed by atoms with E-state index in [1.54, 1.807) is 0 Å². The Hall–Kier alpha value is -2.27. The van der Waals surface area contributed by atoms with Crippen molar-refractivity contribution in [3.05, 3.63) is 11.4 Å². The van der Waals surface area contributed by atoms with Crippen LogP contribution in [0.5, 0.6) is 0 Å². The molecule has 3 aliphatic rings. The summed E-state index contributed by atoms with van der Waals surface area (Å²) in [6.07, 6.45) is 6.86. The number of nitriles is 3. The molecule has 29 heavy (non-hydrogen) atoms. The maximum Gasteiger partial charge on any atom is 0.169 e. The molecule has 0 amide bonds. The van der Waals surface area contributed by atoms with E-state index in [2.05, 4.69) is 37.8 Å². The molecular weight excluding hydrogens is 362 g/mol. The Labute approximate surface area is 175 Å². The van der Waals surface area contributed by atoms with Gasteiger partial charge in [-0.2, -0.15) is 15.8 Å². The maximum atomic E-state index is 9.49. The number of hydrogen-bond donors (Lipinski definition) is 0. The number of hydrogen-bond acceptors (Lipinski definition) is 7. The summed E-state index contributed by atoms with van der Waals surface area (Å²) in [6, 6.07) is 6.63. The number of nitrogens with zero attached hydrogens (tertiary/aromatic N) is 7. The third-order valence-corrected chi connectivity index (χ3v) is 6.49. The van der Waals surface area contributed by atoms with Crippen LogP contribution >= 0.6 is 0 Å². The average Bonchev–Trinajstić information content (AvgIpc) is 3.17. The van der Waals surface area contributed by atoms with Gasteiger partial charge in [-0.15, -0.1) is 0 Å². The van der Waals surface area contributed by atoms with Gasteiger partial charge >= 0.3 is 0 Å². The van der Waals surface area contributed by atoms with Gasteiger partial charge < -0.3 is 19.6 Å². The smallest absolute Gasteiger partial charge is 0.169 e. The summed E-state index contributed by atoms with van der Waals surface area (Å²) in [7, 11) is 0. The van der Waals surface area contributed by atoms with Gasteiger partial charge in [0, 0.05) is 38.6 Å². The van der Waals surface area contributed by atoms with Crippen molar-refractivity contribution in [2.24, 2.45) is 5.92 Å². The lowest BCUT2D eigenvalue weighted by Gasteiger charge is -2.31. The van der Waals surface area contributed by atoms with Gasteiger partial charge in [-0.25, -0.2) is 0 Å². The highest BCUT2D eigenvalue weighted by atomic mass is 15.4. The lowest BCUT2D eigenvalue weighted by molar-refractivity contribution is 0.191. The minimum Gasteiger partial charge on any atom is -0.355 e. The number of rotatable bonds is 7. The first kappa shape index (κ1) is 21.4. The van der Waals surface area contributed by atoms with Crippen molar-refractivity contribution in [1.82, 2.24) is 19.6 Å². The van der Waals surface area contributed by atoms with E-state index in [1.165, 1.54) is 32.4 Å². The van der Waals surface area contributed by atoms with E-state index in [0.717, 1.165) is 77.4 Å². The molecule has 0 N–H and O–H groups in total. The predicted molar refractivity (Wildman–Crippen MR) is 111 cm³/mol. The van der Waals surface area contributed by atoms with Crippen LogP contribution in [0.4, 0.5) is 0 Å². The molecule has 7 heteroatoms. The lowest BCUT2D eigenvalue weighted by Crippen LogP contribution is -2.37. The summed E-state index contributed by atoms with van der Waals surface area (Å²) in [4.78, 5) is 9.43.